The average Bonchev–Trinajstić information content (AvgIpc) is 0.844. The fourth-order valence-electron chi connectivity index (χ4n) is 14.1. The van der Waals surface area contributed by atoms with Crippen LogP contribution in [0.3, 0.4) is 0 Å². The molecule has 0 spiro atoms. The van der Waals surface area contributed by atoms with Crippen molar-refractivity contribution in [1.29, 1.82) is 0 Å². The fourth-order valence-corrected chi connectivity index (χ4v) is 14.1. The fraction of sp³-hybridized carbons (Fsp3) is 0.488. The molecule has 4 aliphatic heterocycles. The van der Waals surface area contributed by atoms with Gasteiger partial charge in [-0.15, -0.1) is 0 Å². The van der Waals surface area contributed by atoms with E-state index in [4.69, 9.17) is 18.6 Å². The van der Waals surface area contributed by atoms with Gasteiger partial charge in [0.25, 0.3) is 6.71 Å². The summed E-state index contributed by atoms with van der Waals surface area (Å²) in [4.78, 5) is 7.91. The topological polar surface area (TPSA) is 46.6 Å². The van der Waals surface area contributed by atoms with Gasteiger partial charge in [-0.05, 0) is 247 Å². The van der Waals surface area contributed by atoms with Gasteiger partial charge in [0.2, 0.25) is 0 Å². The Morgan fingerprint density at radius 2 is 0.576 bits per heavy atom. The minimum absolute atomic E-state index is 0.130. The molecule has 0 aromatic heterocycles. The predicted molar refractivity (Wildman–Crippen MR) is 398 cm³/mol. The minimum atomic E-state index is -0.517. The first kappa shape index (κ1) is 67.4. The maximum absolute atomic E-state index is 6.83. The molecule has 10 heteroatoms. The zero-order valence-electron chi connectivity index (χ0n) is 62.1. The van der Waals surface area contributed by atoms with Crippen molar-refractivity contribution < 1.29 is 18.6 Å². The summed E-state index contributed by atoms with van der Waals surface area (Å²) in [5.41, 5.74) is 25.7. The summed E-state index contributed by atoms with van der Waals surface area (Å²) in [7, 11) is -1.03. The van der Waals surface area contributed by atoms with Gasteiger partial charge in [0.05, 0.1) is 39.5 Å². The molecular formula is C82H108B3N3O4. The molecule has 0 aliphatic carbocycles. The Balaban J connectivity index is 1.33. The molecule has 2 saturated heterocycles. The second-order valence-electron chi connectivity index (χ2n) is 36.1. The van der Waals surface area contributed by atoms with Crippen LogP contribution in [0.25, 0.3) is 0 Å². The van der Waals surface area contributed by atoms with Crippen LogP contribution in [0, 0.1) is 27.7 Å². The zero-order valence-corrected chi connectivity index (χ0v) is 62.1. The maximum atomic E-state index is 6.83. The molecule has 0 amide bonds. The number of hydrogen-bond acceptors (Lipinski definition) is 7. The molecule has 11 rings (SSSR count). The van der Waals surface area contributed by atoms with Gasteiger partial charge < -0.3 is 33.3 Å². The molecule has 0 bridgehead atoms. The third kappa shape index (κ3) is 11.7. The van der Waals surface area contributed by atoms with Crippen LogP contribution in [0.15, 0.2) is 109 Å². The second kappa shape index (κ2) is 21.8. The largest absolute Gasteiger partial charge is 0.494 e. The first-order valence-electron chi connectivity index (χ1n) is 34.1. The highest BCUT2D eigenvalue weighted by Gasteiger charge is 2.54. The van der Waals surface area contributed by atoms with Crippen molar-refractivity contribution in [3.63, 3.8) is 0 Å². The summed E-state index contributed by atoms with van der Waals surface area (Å²) in [5, 5.41) is 0. The quantitative estimate of drug-likeness (QED) is 0.147. The van der Waals surface area contributed by atoms with Crippen LogP contribution in [0.5, 0.6) is 0 Å². The maximum Gasteiger partial charge on any atom is 0.494 e. The van der Waals surface area contributed by atoms with E-state index in [0.717, 1.165) is 73.0 Å². The van der Waals surface area contributed by atoms with Gasteiger partial charge >= 0.3 is 14.2 Å². The monoisotopic (exact) mass is 1230 g/mol. The molecule has 92 heavy (non-hydrogen) atoms. The van der Waals surface area contributed by atoms with Gasteiger partial charge in [-0.2, -0.15) is 0 Å². The normalized spacial score (nSPS) is 17.7. The third-order valence-corrected chi connectivity index (χ3v) is 21.4. The average molecular weight is 1230 g/mol. The van der Waals surface area contributed by atoms with Crippen molar-refractivity contribution >= 4 is 99.5 Å². The van der Waals surface area contributed by atoms with E-state index in [2.05, 4.69) is 332 Å². The van der Waals surface area contributed by atoms with E-state index in [1.54, 1.807) is 0 Å². The SMILES string of the molecule is Cc1cc(B2OC(C)(C)C(C)(C)O2)cc(C)c1N1c2ccc(C(C)(C)C)cc2B2c3cc(C(C)(C)C)ccc3N(c3c(C)cc(B4OC(C)(C)C(C)(C)O4)cc3C)c3cc(N(c4cc(C(C)(C)C)cc(C(C)(C)C)c4)c4cc(C(C)(C)C)cc(C(C)(C)C)c4)cc1c32. The molecule has 0 saturated carbocycles. The molecule has 0 atom stereocenters. The number of benzene rings is 7. The molecule has 484 valence electrons. The molecule has 0 radical (unpaired) electrons. The summed E-state index contributed by atoms with van der Waals surface area (Å²) < 4.78 is 27.3. The van der Waals surface area contributed by atoms with Crippen LogP contribution in [0.1, 0.15) is 236 Å². The van der Waals surface area contributed by atoms with Crippen molar-refractivity contribution in [1.82, 2.24) is 0 Å². The van der Waals surface area contributed by atoms with Crippen LogP contribution in [-0.4, -0.2) is 43.4 Å². The lowest BCUT2D eigenvalue weighted by atomic mass is 9.33. The first-order valence-corrected chi connectivity index (χ1v) is 34.1. The molecule has 4 aliphatic rings. The Morgan fingerprint density at radius 1 is 0.315 bits per heavy atom. The highest BCUT2D eigenvalue weighted by molar-refractivity contribution is 7.00. The Hall–Kier alpha value is -6.03. The lowest BCUT2D eigenvalue weighted by Gasteiger charge is -2.46. The lowest BCUT2D eigenvalue weighted by Crippen LogP contribution is -2.62. The predicted octanol–water partition coefficient (Wildman–Crippen LogP) is 18.9. The standard InChI is InChI=1S/C82H108B3N3O4/c1-49-35-59(84-89-79(23,24)80(25,26)90-84)36-50(2)71(49)87-66-33-31-53(73(5,6)7)45-64(66)83-65-46-54(74(8,9)10)32-34-67(65)88(72-51(3)37-60(38-52(72)4)85-91-81(27,28)82(29,30)92-85)69-48-63(47-68(87)70(69)83)86(61-41-55(75(11,12)13)39-56(42-61)76(14,15)16)62-43-57(77(17,18)19)40-58(44-62)78(20,21)22/h31-48H,1-30H3. The summed E-state index contributed by atoms with van der Waals surface area (Å²) >= 11 is 0. The van der Waals surface area contributed by atoms with E-state index in [1.807, 2.05) is 0 Å². The minimum Gasteiger partial charge on any atom is -0.399 e. The number of anilines is 9. The van der Waals surface area contributed by atoms with Crippen LogP contribution in [-0.2, 0) is 51.1 Å². The Morgan fingerprint density at radius 3 is 0.837 bits per heavy atom. The Kier molecular flexibility index (Phi) is 15.9. The Bertz CT molecular complexity index is 3710. The lowest BCUT2D eigenvalue weighted by molar-refractivity contribution is 0.00578. The van der Waals surface area contributed by atoms with E-state index < -0.39 is 36.6 Å². The molecular weight excluding hydrogens is 1120 g/mol. The number of nitrogens with zero attached hydrogens (tertiary/aromatic N) is 3. The summed E-state index contributed by atoms with van der Waals surface area (Å²) in [6.45, 7) is 68.5. The number of aryl methyl sites for hydroxylation is 4. The number of rotatable bonds is 7. The third-order valence-electron chi connectivity index (χ3n) is 21.4. The number of hydrogen-bond donors (Lipinski definition) is 0. The first-order chi connectivity index (χ1) is 42.0. The molecule has 4 heterocycles. The van der Waals surface area contributed by atoms with E-state index in [1.165, 1.54) is 61.1 Å². The van der Waals surface area contributed by atoms with Crippen molar-refractivity contribution in [2.75, 3.05) is 14.7 Å². The van der Waals surface area contributed by atoms with E-state index in [-0.39, 0.29) is 39.2 Å². The van der Waals surface area contributed by atoms with Crippen LogP contribution in [0.2, 0.25) is 0 Å². The van der Waals surface area contributed by atoms with Crippen molar-refractivity contribution in [3.8, 4) is 0 Å². The Labute approximate surface area is 557 Å². The van der Waals surface area contributed by atoms with E-state index >= 15 is 0 Å². The van der Waals surface area contributed by atoms with Crippen molar-refractivity contribution in [2.45, 2.75) is 263 Å². The van der Waals surface area contributed by atoms with Crippen LogP contribution < -0.4 is 42.0 Å². The highest BCUT2D eigenvalue weighted by atomic mass is 16.7. The molecule has 2 fully saturated rings. The van der Waals surface area contributed by atoms with Gasteiger partial charge in [0.15, 0.2) is 0 Å². The molecule has 7 aromatic carbocycles. The number of fused-ring (bicyclic) bond motifs is 4. The van der Waals surface area contributed by atoms with Crippen LogP contribution >= 0.6 is 0 Å². The second-order valence-corrected chi connectivity index (χ2v) is 36.1. The smallest absolute Gasteiger partial charge is 0.399 e. The summed E-state index contributed by atoms with van der Waals surface area (Å²) in [6, 6.07) is 44.1. The van der Waals surface area contributed by atoms with Gasteiger partial charge in [0.1, 0.15) is 0 Å². The summed E-state index contributed by atoms with van der Waals surface area (Å²) in [5.74, 6) is 0. The van der Waals surface area contributed by atoms with Crippen molar-refractivity contribution in [2.24, 2.45) is 0 Å². The zero-order chi connectivity index (χ0) is 67.9. The summed E-state index contributed by atoms with van der Waals surface area (Å²) in [6.07, 6.45) is 0. The highest BCUT2D eigenvalue weighted by Crippen LogP contribution is 2.53. The van der Waals surface area contributed by atoms with E-state index in [9.17, 15) is 0 Å². The van der Waals surface area contributed by atoms with Gasteiger partial charge in [-0.3, -0.25) is 0 Å². The van der Waals surface area contributed by atoms with Gasteiger partial charge in [-0.1, -0.05) is 185 Å². The van der Waals surface area contributed by atoms with Crippen LogP contribution in [0.4, 0.5) is 51.2 Å². The van der Waals surface area contributed by atoms with Gasteiger partial charge in [0, 0.05) is 34.1 Å². The molecule has 0 unspecified atom stereocenters. The molecule has 7 nitrogen and oxygen atoms in total. The molecule has 0 N–H and O–H groups in total. The van der Waals surface area contributed by atoms with Crippen molar-refractivity contribution in [3.05, 3.63) is 165 Å². The van der Waals surface area contributed by atoms with Gasteiger partial charge in [-0.25, -0.2) is 0 Å². The molecule has 7 aromatic rings. The van der Waals surface area contributed by atoms with E-state index in [0.29, 0.717) is 0 Å².